The van der Waals surface area contributed by atoms with Gasteiger partial charge in [-0.25, -0.2) is 9.78 Å². The maximum absolute atomic E-state index is 12.4. The monoisotopic (exact) mass is 557 g/mol. The average molecular weight is 558 g/mol. The predicted molar refractivity (Wildman–Crippen MR) is 152 cm³/mol. The molecule has 10 nitrogen and oxygen atoms in total. The van der Waals surface area contributed by atoms with Gasteiger partial charge in [0.15, 0.2) is 11.0 Å². The highest BCUT2D eigenvalue weighted by Gasteiger charge is 2.41. The molecule has 4 atom stereocenters. The third-order valence-electron chi connectivity index (χ3n) is 8.08. The highest BCUT2D eigenvalue weighted by Crippen LogP contribution is 2.38. The number of pyridine rings is 1. The molecule has 3 aliphatic heterocycles. The van der Waals surface area contributed by atoms with E-state index < -0.39 is 5.60 Å². The zero-order valence-corrected chi connectivity index (χ0v) is 24.1. The standard InChI is InChI=1S/C28H40ClN7O3/c1-18-15-34(27(37)39-28(2,3)4)11-8-19(18)9-12-38-25-13-20(7-10-31-25)36-21-5-6-22(36)17-35(16-21)23-14-24(29)32-33-26(23)30/h7,10,13-14,18-19,21-22H,5-6,8-9,11-12,15-17H2,1-4H3,(H2,30,33)/t18-,19?,21?,22?/m0/s1. The molecule has 2 N–H and O–H groups in total. The van der Waals surface area contributed by atoms with E-state index in [1.807, 2.05) is 31.9 Å². The molecule has 212 valence electrons. The molecule has 3 unspecified atom stereocenters. The summed E-state index contributed by atoms with van der Waals surface area (Å²) >= 11 is 6.10. The summed E-state index contributed by atoms with van der Waals surface area (Å²) in [5.74, 6) is 1.96. The molecule has 39 heavy (non-hydrogen) atoms. The second-order valence-electron chi connectivity index (χ2n) is 12.1. The fourth-order valence-electron chi connectivity index (χ4n) is 6.21. The molecule has 1 amide bonds. The molecule has 2 bridgehead atoms. The Hall–Kier alpha value is -3.01. The molecule has 0 aromatic carbocycles. The van der Waals surface area contributed by atoms with E-state index in [2.05, 4.69) is 44.0 Å². The number of piperazine rings is 1. The normalized spacial score (nSPS) is 25.1. The Balaban J connectivity index is 1.14. The van der Waals surface area contributed by atoms with Gasteiger partial charge in [0.1, 0.15) is 5.60 Å². The van der Waals surface area contributed by atoms with Crippen molar-refractivity contribution in [3.8, 4) is 5.88 Å². The minimum absolute atomic E-state index is 0.218. The van der Waals surface area contributed by atoms with Gasteiger partial charge < -0.3 is 29.9 Å². The van der Waals surface area contributed by atoms with Crippen LogP contribution in [0.15, 0.2) is 24.4 Å². The number of likely N-dealkylation sites (tertiary alicyclic amines) is 1. The Morgan fingerprint density at radius 3 is 2.56 bits per heavy atom. The second-order valence-corrected chi connectivity index (χ2v) is 12.5. The number of nitrogens with zero attached hydrogens (tertiary/aromatic N) is 6. The number of anilines is 3. The van der Waals surface area contributed by atoms with Gasteiger partial charge in [0.05, 0.1) is 12.3 Å². The summed E-state index contributed by atoms with van der Waals surface area (Å²) in [4.78, 5) is 23.5. The van der Waals surface area contributed by atoms with Crippen molar-refractivity contribution in [2.75, 3.05) is 48.3 Å². The third kappa shape index (κ3) is 6.42. The van der Waals surface area contributed by atoms with Gasteiger partial charge in [0, 0.05) is 62.3 Å². The molecule has 5 heterocycles. The lowest BCUT2D eigenvalue weighted by Gasteiger charge is -2.43. The molecular formula is C28H40ClN7O3. The van der Waals surface area contributed by atoms with Crippen LogP contribution >= 0.6 is 11.6 Å². The van der Waals surface area contributed by atoms with Crippen LogP contribution in [0.4, 0.5) is 22.0 Å². The summed E-state index contributed by atoms with van der Waals surface area (Å²) in [6.07, 6.45) is 5.74. The number of hydrogen-bond acceptors (Lipinski definition) is 9. The fourth-order valence-corrected chi connectivity index (χ4v) is 6.35. The average Bonchev–Trinajstić information content (AvgIpc) is 3.15. The number of carbonyl (C=O) groups is 1. The van der Waals surface area contributed by atoms with E-state index in [-0.39, 0.29) is 6.09 Å². The summed E-state index contributed by atoms with van der Waals surface area (Å²) in [7, 11) is 0. The molecule has 3 fully saturated rings. The first-order valence-electron chi connectivity index (χ1n) is 14.0. The molecule has 0 aliphatic carbocycles. The van der Waals surface area contributed by atoms with Gasteiger partial charge in [-0.3, -0.25) is 0 Å². The largest absolute Gasteiger partial charge is 0.478 e. The van der Waals surface area contributed by atoms with Gasteiger partial charge in [-0.1, -0.05) is 18.5 Å². The Bertz CT molecular complexity index is 1160. The zero-order chi connectivity index (χ0) is 27.7. The number of piperidine rings is 1. The van der Waals surface area contributed by atoms with E-state index in [1.165, 1.54) is 0 Å². The Morgan fingerprint density at radius 2 is 1.87 bits per heavy atom. The minimum atomic E-state index is -0.473. The van der Waals surface area contributed by atoms with Crippen LogP contribution in [-0.2, 0) is 4.74 Å². The number of rotatable bonds is 6. The third-order valence-corrected chi connectivity index (χ3v) is 8.27. The molecule has 0 spiro atoms. The number of hydrogen-bond donors (Lipinski definition) is 1. The zero-order valence-electron chi connectivity index (χ0n) is 23.3. The van der Waals surface area contributed by atoms with E-state index in [1.54, 1.807) is 6.07 Å². The molecule has 0 radical (unpaired) electrons. The number of carbonyl (C=O) groups excluding carboxylic acids is 1. The van der Waals surface area contributed by atoms with E-state index >= 15 is 0 Å². The van der Waals surface area contributed by atoms with Crippen LogP contribution in [0.25, 0.3) is 0 Å². The SMILES string of the molecule is C[C@H]1CN(C(=O)OC(C)(C)C)CCC1CCOc1cc(N2C3CCC2CN(c2cc(Cl)nnc2N)C3)ccn1. The van der Waals surface area contributed by atoms with Crippen LogP contribution < -0.4 is 20.3 Å². The number of fused-ring (bicyclic) bond motifs is 2. The van der Waals surface area contributed by atoms with Crippen LogP contribution in [0.5, 0.6) is 5.88 Å². The van der Waals surface area contributed by atoms with E-state index in [4.69, 9.17) is 26.8 Å². The Kier molecular flexibility index (Phi) is 7.94. The van der Waals surface area contributed by atoms with Gasteiger partial charge in [0.25, 0.3) is 0 Å². The molecule has 11 heteroatoms. The minimum Gasteiger partial charge on any atom is -0.478 e. The van der Waals surface area contributed by atoms with Crippen molar-refractivity contribution in [2.45, 2.75) is 71.1 Å². The summed E-state index contributed by atoms with van der Waals surface area (Å²) in [5.41, 5.74) is 7.64. The molecule has 3 saturated heterocycles. The highest BCUT2D eigenvalue weighted by atomic mass is 35.5. The van der Waals surface area contributed by atoms with E-state index in [9.17, 15) is 4.79 Å². The maximum Gasteiger partial charge on any atom is 0.410 e. The van der Waals surface area contributed by atoms with E-state index in [0.717, 1.165) is 63.2 Å². The van der Waals surface area contributed by atoms with Gasteiger partial charge >= 0.3 is 6.09 Å². The number of nitrogen functional groups attached to an aromatic ring is 1. The van der Waals surface area contributed by atoms with Crippen LogP contribution in [-0.4, -0.2) is 76.6 Å². The Morgan fingerprint density at radius 1 is 1.13 bits per heavy atom. The number of nitrogens with two attached hydrogens (primary N) is 1. The van der Waals surface area contributed by atoms with Crippen molar-refractivity contribution in [1.29, 1.82) is 0 Å². The van der Waals surface area contributed by atoms with Gasteiger partial charge in [0.2, 0.25) is 5.88 Å². The topological polar surface area (TPSA) is 110 Å². The van der Waals surface area contributed by atoms with E-state index in [0.29, 0.717) is 47.4 Å². The number of amides is 1. The fraction of sp³-hybridized carbons (Fsp3) is 0.643. The first kappa shape index (κ1) is 27.6. The molecule has 5 rings (SSSR count). The molecule has 2 aromatic rings. The summed E-state index contributed by atoms with van der Waals surface area (Å²) in [6.45, 7) is 11.7. The van der Waals surface area contributed by atoms with Crippen molar-refractivity contribution >= 4 is 34.9 Å². The van der Waals surface area contributed by atoms with Gasteiger partial charge in [-0.2, -0.15) is 0 Å². The number of ether oxygens (including phenoxy) is 2. The van der Waals surface area contributed by atoms with Crippen molar-refractivity contribution < 1.29 is 14.3 Å². The predicted octanol–water partition coefficient (Wildman–Crippen LogP) is 4.63. The first-order valence-corrected chi connectivity index (χ1v) is 14.3. The quantitative estimate of drug-likeness (QED) is 0.543. The smallest absolute Gasteiger partial charge is 0.410 e. The van der Waals surface area contributed by atoms with Crippen LogP contribution in [0.1, 0.15) is 53.4 Å². The van der Waals surface area contributed by atoms with Crippen LogP contribution in [0.2, 0.25) is 5.15 Å². The van der Waals surface area contributed by atoms with Gasteiger partial charge in [-0.05, 0) is 64.4 Å². The summed E-state index contributed by atoms with van der Waals surface area (Å²) in [6, 6.07) is 6.67. The summed E-state index contributed by atoms with van der Waals surface area (Å²) < 4.78 is 11.7. The first-order chi connectivity index (χ1) is 18.6. The highest BCUT2D eigenvalue weighted by molar-refractivity contribution is 6.29. The second kappa shape index (κ2) is 11.2. The lowest BCUT2D eigenvalue weighted by molar-refractivity contribution is 0.0103. The lowest BCUT2D eigenvalue weighted by Crippen LogP contribution is -2.54. The Labute approximate surface area is 235 Å². The molecule has 2 aromatic heterocycles. The maximum atomic E-state index is 12.4. The lowest BCUT2D eigenvalue weighted by atomic mass is 9.85. The van der Waals surface area contributed by atoms with Crippen molar-refractivity contribution in [2.24, 2.45) is 11.8 Å². The van der Waals surface area contributed by atoms with Crippen LogP contribution in [0.3, 0.4) is 0 Å². The van der Waals surface area contributed by atoms with Crippen molar-refractivity contribution in [1.82, 2.24) is 20.1 Å². The molecule has 0 saturated carbocycles. The number of halogens is 1. The number of aromatic nitrogens is 3. The van der Waals surface area contributed by atoms with Crippen molar-refractivity contribution in [3.63, 3.8) is 0 Å². The van der Waals surface area contributed by atoms with Crippen molar-refractivity contribution in [3.05, 3.63) is 29.5 Å². The van der Waals surface area contributed by atoms with Crippen LogP contribution in [0, 0.1) is 11.8 Å². The molecular weight excluding hydrogens is 518 g/mol. The molecule has 3 aliphatic rings. The summed E-state index contributed by atoms with van der Waals surface area (Å²) in [5, 5.41) is 8.20. The van der Waals surface area contributed by atoms with Gasteiger partial charge in [-0.15, -0.1) is 10.2 Å².